The number of nitrogens with two attached hydrogens (primary N) is 1. The van der Waals surface area contributed by atoms with Gasteiger partial charge in [-0.15, -0.1) is 0 Å². The van der Waals surface area contributed by atoms with E-state index in [1.54, 1.807) is 19.1 Å². The summed E-state index contributed by atoms with van der Waals surface area (Å²) in [5.41, 5.74) is 4.35. The van der Waals surface area contributed by atoms with Crippen LogP contribution < -0.4 is 16.0 Å². The normalized spacial score (nSPS) is 12.2. The van der Waals surface area contributed by atoms with Gasteiger partial charge in [0.15, 0.2) is 0 Å². The number of benzene rings is 1. The highest BCUT2D eigenvalue weighted by atomic mass is 19.1. The number of hydrogen-bond acceptors (Lipinski definition) is 5. The largest absolute Gasteiger partial charge is 0.480 e. The van der Waals surface area contributed by atoms with Gasteiger partial charge in [-0.05, 0) is 24.1 Å². The minimum absolute atomic E-state index is 0.291. The highest BCUT2D eigenvalue weighted by Gasteiger charge is 2.20. The first-order valence-corrected chi connectivity index (χ1v) is 5.74. The van der Waals surface area contributed by atoms with Crippen LogP contribution in [0.4, 0.5) is 4.39 Å². The van der Waals surface area contributed by atoms with Crippen LogP contribution in [-0.4, -0.2) is 17.1 Å². The summed E-state index contributed by atoms with van der Waals surface area (Å²) >= 11 is 0. The van der Waals surface area contributed by atoms with Crippen LogP contribution in [0.1, 0.15) is 22.9 Å². The molecule has 1 aromatic carbocycles. The van der Waals surface area contributed by atoms with E-state index in [0.29, 0.717) is 22.7 Å². The summed E-state index contributed by atoms with van der Waals surface area (Å²) in [6.45, 7) is 1.70. The number of halogens is 1. The van der Waals surface area contributed by atoms with Crippen molar-refractivity contribution in [2.75, 3.05) is 7.11 Å². The Morgan fingerprint density at radius 2 is 2.05 bits per heavy atom. The lowest BCUT2D eigenvalue weighted by atomic mass is 10.0. The molecule has 0 radical (unpaired) electrons. The number of rotatable bonds is 4. The summed E-state index contributed by atoms with van der Waals surface area (Å²) < 4.78 is 18.8. The van der Waals surface area contributed by atoms with Crippen LogP contribution in [0.3, 0.4) is 0 Å². The Balaban J connectivity index is 2.46. The van der Waals surface area contributed by atoms with E-state index < -0.39 is 6.04 Å². The first-order chi connectivity index (χ1) is 9.17. The summed E-state index contributed by atoms with van der Waals surface area (Å²) in [5.74, 6) is 5.61. The van der Waals surface area contributed by atoms with Crippen molar-refractivity contribution in [2.45, 2.75) is 13.0 Å². The van der Waals surface area contributed by atoms with Gasteiger partial charge in [0.25, 0.3) is 0 Å². The van der Waals surface area contributed by atoms with Crippen molar-refractivity contribution in [2.24, 2.45) is 5.84 Å². The van der Waals surface area contributed by atoms with Crippen LogP contribution in [-0.2, 0) is 0 Å². The summed E-state index contributed by atoms with van der Waals surface area (Å²) in [5, 5.41) is 0. The maximum Gasteiger partial charge on any atom is 0.237 e. The van der Waals surface area contributed by atoms with Gasteiger partial charge in [0.2, 0.25) is 5.88 Å². The molecule has 0 amide bonds. The summed E-state index contributed by atoms with van der Waals surface area (Å²) in [4.78, 5) is 8.25. The third-order valence-corrected chi connectivity index (χ3v) is 2.85. The van der Waals surface area contributed by atoms with E-state index >= 15 is 0 Å². The number of hydrogen-bond donors (Lipinski definition) is 2. The van der Waals surface area contributed by atoms with E-state index in [-0.39, 0.29) is 5.82 Å². The predicted molar refractivity (Wildman–Crippen MR) is 68.9 cm³/mol. The van der Waals surface area contributed by atoms with Crippen LogP contribution in [0, 0.1) is 12.7 Å². The number of ether oxygens (including phenoxy) is 1. The molecule has 2 rings (SSSR count). The third kappa shape index (κ3) is 2.69. The van der Waals surface area contributed by atoms with E-state index in [0.717, 1.165) is 0 Å². The molecule has 19 heavy (non-hydrogen) atoms. The summed E-state index contributed by atoms with van der Waals surface area (Å²) in [6, 6.07) is 4.42. The Kier molecular flexibility index (Phi) is 4.03. The number of hydrazine groups is 1. The van der Waals surface area contributed by atoms with Crippen LogP contribution in [0.5, 0.6) is 5.88 Å². The molecule has 0 aliphatic carbocycles. The van der Waals surface area contributed by atoms with Gasteiger partial charge in [-0.2, -0.15) is 0 Å². The Bertz CT molecular complexity index is 576. The van der Waals surface area contributed by atoms with Crippen LogP contribution >= 0.6 is 0 Å². The fraction of sp³-hybridized carbons (Fsp3) is 0.231. The summed E-state index contributed by atoms with van der Waals surface area (Å²) in [6.07, 6.45) is 3.05. The monoisotopic (exact) mass is 262 g/mol. The molecular weight excluding hydrogens is 247 g/mol. The Morgan fingerprint density at radius 3 is 2.68 bits per heavy atom. The maximum atomic E-state index is 13.6. The molecule has 3 N–H and O–H groups in total. The average Bonchev–Trinajstić information content (AvgIpc) is 2.44. The molecule has 1 unspecified atom stereocenters. The van der Waals surface area contributed by atoms with Gasteiger partial charge in [0, 0.05) is 12.4 Å². The molecular formula is C13H15FN4O. The Hall–Kier alpha value is -2.05. The van der Waals surface area contributed by atoms with E-state index in [1.165, 1.54) is 25.6 Å². The van der Waals surface area contributed by atoms with E-state index in [9.17, 15) is 4.39 Å². The molecule has 6 heteroatoms. The fourth-order valence-corrected chi connectivity index (χ4v) is 1.81. The van der Waals surface area contributed by atoms with Crippen molar-refractivity contribution < 1.29 is 9.13 Å². The lowest BCUT2D eigenvalue weighted by Crippen LogP contribution is -2.30. The highest BCUT2D eigenvalue weighted by Crippen LogP contribution is 2.26. The molecule has 2 aromatic rings. The topological polar surface area (TPSA) is 73.1 Å². The van der Waals surface area contributed by atoms with Crippen molar-refractivity contribution >= 4 is 0 Å². The van der Waals surface area contributed by atoms with E-state index in [1.807, 2.05) is 0 Å². The first-order valence-electron chi connectivity index (χ1n) is 5.74. The number of nitrogens with one attached hydrogen (secondary N) is 1. The highest BCUT2D eigenvalue weighted by molar-refractivity contribution is 5.34. The average molecular weight is 262 g/mol. The Morgan fingerprint density at radius 1 is 1.32 bits per heavy atom. The molecule has 5 nitrogen and oxygen atoms in total. The smallest absolute Gasteiger partial charge is 0.237 e. The van der Waals surface area contributed by atoms with Crippen molar-refractivity contribution in [1.82, 2.24) is 15.4 Å². The van der Waals surface area contributed by atoms with E-state index in [4.69, 9.17) is 10.6 Å². The standard InChI is InChI=1S/C13H15FN4O/c1-8-3-4-9(7-10(8)14)11(18-15)12-13(19-2)17-6-5-16-12/h3-7,11,18H,15H2,1-2H3. The molecule has 1 aromatic heterocycles. The summed E-state index contributed by atoms with van der Waals surface area (Å²) in [7, 11) is 1.50. The van der Waals surface area contributed by atoms with Crippen molar-refractivity contribution in [3.05, 3.63) is 53.2 Å². The minimum atomic E-state index is -0.487. The number of aromatic nitrogens is 2. The molecule has 100 valence electrons. The number of nitrogens with zero attached hydrogens (tertiary/aromatic N) is 2. The fourth-order valence-electron chi connectivity index (χ4n) is 1.81. The molecule has 0 spiro atoms. The second-order valence-corrected chi connectivity index (χ2v) is 4.06. The molecule has 0 fully saturated rings. The molecule has 0 saturated heterocycles. The van der Waals surface area contributed by atoms with Gasteiger partial charge in [0.05, 0.1) is 13.2 Å². The van der Waals surface area contributed by atoms with Gasteiger partial charge in [-0.1, -0.05) is 12.1 Å². The van der Waals surface area contributed by atoms with Gasteiger partial charge < -0.3 is 4.74 Å². The van der Waals surface area contributed by atoms with Gasteiger partial charge in [-0.3, -0.25) is 10.8 Å². The minimum Gasteiger partial charge on any atom is -0.480 e. The molecule has 0 aliphatic rings. The molecule has 0 saturated carbocycles. The quantitative estimate of drug-likeness (QED) is 0.645. The zero-order valence-corrected chi connectivity index (χ0v) is 10.7. The van der Waals surface area contributed by atoms with Gasteiger partial charge >= 0.3 is 0 Å². The van der Waals surface area contributed by atoms with Crippen molar-refractivity contribution in [3.63, 3.8) is 0 Å². The maximum absolute atomic E-state index is 13.6. The molecule has 1 heterocycles. The van der Waals surface area contributed by atoms with Crippen molar-refractivity contribution in [3.8, 4) is 5.88 Å². The van der Waals surface area contributed by atoms with E-state index in [2.05, 4.69) is 15.4 Å². The zero-order chi connectivity index (χ0) is 13.8. The van der Waals surface area contributed by atoms with Crippen LogP contribution in [0.25, 0.3) is 0 Å². The first kappa shape index (κ1) is 13.4. The second kappa shape index (κ2) is 5.73. The lowest BCUT2D eigenvalue weighted by molar-refractivity contribution is 0.383. The van der Waals surface area contributed by atoms with Crippen molar-refractivity contribution in [1.29, 1.82) is 0 Å². The lowest BCUT2D eigenvalue weighted by Gasteiger charge is -2.17. The van der Waals surface area contributed by atoms with Gasteiger partial charge in [0.1, 0.15) is 11.5 Å². The van der Waals surface area contributed by atoms with Crippen LogP contribution in [0.2, 0.25) is 0 Å². The van der Waals surface area contributed by atoms with Gasteiger partial charge in [-0.25, -0.2) is 14.8 Å². The van der Waals surface area contributed by atoms with Crippen LogP contribution in [0.15, 0.2) is 30.6 Å². The number of aryl methyl sites for hydroxylation is 1. The third-order valence-electron chi connectivity index (χ3n) is 2.85. The molecule has 0 bridgehead atoms. The molecule has 0 aliphatic heterocycles. The zero-order valence-electron chi connectivity index (χ0n) is 10.7. The predicted octanol–water partition coefficient (Wildman–Crippen LogP) is 1.49. The second-order valence-electron chi connectivity index (χ2n) is 4.06. The Labute approximate surface area is 110 Å². The molecule has 1 atom stereocenters. The number of methoxy groups -OCH3 is 1. The SMILES string of the molecule is COc1nccnc1C(NN)c1ccc(C)c(F)c1.